The molecule has 2 aromatic rings. The van der Waals surface area contributed by atoms with Gasteiger partial charge in [-0.05, 0) is 18.2 Å². The number of ether oxygens (including phenoxy) is 1. The predicted octanol–water partition coefficient (Wildman–Crippen LogP) is 1.77. The van der Waals surface area contributed by atoms with E-state index in [0.29, 0.717) is 11.4 Å². The SMILES string of the molecule is COCc1cc(=O)[nH]c(/N=C(/N)Nc2ccc(F)c(Cl)c2)n1. The Bertz CT molecular complexity index is 762. The first-order chi connectivity index (χ1) is 10.5. The van der Waals surface area contributed by atoms with Crippen molar-refractivity contribution < 1.29 is 9.13 Å². The van der Waals surface area contributed by atoms with E-state index in [-0.39, 0.29) is 29.1 Å². The van der Waals surface area contributed by atoms with Gasteiger partial charge in [-0.25, -0.2) is 9.37 Å². The highest BCUT2D eigenvalue weighted by Crippen LogP contribution is 2.19. The number of nitrogens with one attached hydrogen (secondary N) is 2. The van der Waals surface area contributed by atoms with E-state index in [1.165, 1.54) is 31.4 Å². The number of H-pyrrole nitrogens is 1. The van der Waals surface area contributed by atoms with Crippen molar-refractivity contribution in [2.75, 3.05) is 12.4 Å². The third-order valence-electron chi connectivity index (χ3n) is 2.49. The Hall–Kier alpha value is -2.45. The van der Waals surface area contributed by atoms with Gasteiger partial charge in [0.2, 0.25) is 11.9 Å². The molecule has 0 aliphatic heterocycles. The second kappa shape index (κ2) is 7.01. The molecule has 0 saturated carbocycles. The van der Waals surface area contributed by atoms with E-state index >= 15 is 0 Å². The van der Waals surface area contributed by atoms with Crippen LogP contribution in [-0.4, -0.2) is 23.0 Å². The van der Waals surface area contributed by atoms with Crippen LogP contribution in [0.15, 0.2) is 34.1 Å². The number of hydrogen-bond donors (Lipinski definition) is 3. The first-order valence-corrected chi connectivity index (χ1v) is 6.51. The second-order valence-electron chi connectivity index (χ2n) is 4.24. The molecule has 0 radical (unpaired) electrons. The maximum Gasteiger partial charge on any atom is 0.252 e. The van der Waals surface area contributed by atoms with E-state index in [1.807, 2.05) is 0 Å². The normalized spacial score (nSPS) is 11.5. The Labute approximate surface area is 130 Å². The van der Waals surface area contributed by atoms with Crippen molar-refractivity contribution >= 4 is 29.2 Å². The minimum absolute atomic E-state index is 0.0257. The number of halogens is 2. The van der Waals surface area contributed by atoms with Crippen LogP contribution in [0.4, 0.5) is 16.0 Å². The Morgan fingerprint density at radius 3 is 3.00 bits per heavy atom. The summed E-state index contributed by atoms with van der Waals surface area (Å²) >= 11 is 5.66. The van der Waals surface area contributed by atoms with Gasteiger partial charge in [0.05, 0.1) is 17.3 Å². The fourth-order valence-electron chi connectivity index (χ4n) is 1.63. The minimum atomic E-state index is -0.541. The molecule has 0 unspecified atom stereocenters. The van der Waals surface area contributed by atoms with Gasteiger partial charge in [-0.2, -0.15) is 4.99 Å². The van der Waals surface area contributed by atoms with Crippen LogP contribution in [0.25, 0.3) is 0 Å². The highest BCUT2D eigenvalue weighted by molar-refractivity contribution is 6.31. The average Bonchev–Trinajstić information content (AvgIpc) is 2.42. The van der Waals surface area contributed by atoms with Crippen LogP contribution >= 0.6 is 11.6 Å². The van der Waals surface area contributed by atoms with Crippen molar-refractivity contribution in [3.63, 3.8) is 0 Å². The minimum Gasteiger partial charge on any atom is -0.378 e. The molecule has 4 N–H and O–H groups in total. The molecule has 1 aromatic carbocycles. The first-order valence-electron chi connectivity index (χ1n) is 6.13. The van der Waals surface area contributed by atoms with Gasteiger partial charge in [-0.3, -0.25) is 9.78 Å². The Morgan fingerprint density at radius 2 is 2.32 bits per heavy atom. The third kappa shape index (κ3) is 4.27. The molecule has 0 aliphatic rings. The summed E-state index contributed by atoms with van der Waals surface area (Å²) in [7, 11) is 1.49. The van der Waals surface area contributed by atoms with Crippen molar-refractivity contribution in [3.8, 4) is 0 Å². The van der Waals surface area contributed by atoms with Crippen LogP contribution in [0.1, 0.15) is 5.69 Å². The predicted molar refractivity (Wildman–Crippen MR) is 81.9 cm³/mol. The average molecular weight is 326 g/mol. The smallest absolute Gasteiger partial charge is 0.252 e. The van der Waals surface area contributed by atoms with Gasteiger partial charge in [-0.15, -0.1) is 0 Å². The van der Waals surface area contributed by atoms with E-state index in [2.05, 4.69) is 20.3 Å². The lowest BCUT2D eigenvalue weighted by molar-refractivity contribution is 0.181. The molecule has 2 rings (SSSR count). The summed E-state index contributed by atoms with van der Waals surface area (Å²) in [4.78, 5) is 21.9. The maximum absolute atomic E-state index is 13.1. The van der Waals surface area contributed by atoms with E-state index in [1.54, 1.807) is 0 Å². The van der Waals surface area contributed by atoms with Crippen molar-refractivity contribution in [2.24, 2.45) is 10.7 Å². The molecular weight excluding hydrogens is 313 g/mol. The Morgan fingerprint density at radius 1 is 1.55 bits per heavy atom. The number of aliphatic imine (C=N–C) groups is 1. The number of rotatable bonds is 4. The number of anilines is 1. The molecule has 9 heteroatoms. The van der Waals surface area contributed by atoms with Gasteiger partial charge >= 0.3 is 0 Å². The van der Waals surface area contributed by atoms with E-state index in [0.717, 1.165) is 0 Å². The number of nitrogens with zero attached hydrogens (tertiary/aromatic N) is 2. The number of nitrogens with two attached hydrogens (primary N) is 1. The van der Waals surface area contributed by atoms with Crippen molar-refractivity contribution in [1.82, 2.24) is 9.97 Å². The molecule has 0 atom stereocenters. The van der Waals surface area contributed by atoms with Gasteiger partial charge in [0.1, 0.15) is 5.82 Å². The zero-order valence-corrected chi connectivity index (χ0v) is 12.3. The zero-order chi connectivity index (χ0) is 16.1. The van der Waals surface area contributed by atoms with Gasteiger partial charge in [0.15, 0.2) is 0 Å². The van der Waals surface area contributed by atoms with Crippen molar-refractivity contribution in [3.05, 3.63) is 51.2 Å². The lowest BCUT2D eigenvalue weighted by Crippen LogP contribution is -2.22. The van der Waals surface area contributed by atoms with Crippen LogP contribution in [0.2, 0.25) is 5.02 Å². The number of methoxy groups -OCH3 is 1. The van der Waals surface area contributed by atoms with Gasteiger partial charge in [0, 0.05) is 18.9 Å². The molecule has 0 aliphatic carbocycles. The lowest BCUT2D eigenvalue weighted by Gasteiger charge is -2.06. The molecule has 0 saturated heterocycles. The van der Waals surface area contributed by atoms with E-state index in [4.69, 9.17) is 22.1 Å². The van der Waals surface area contributed by atoms with Gasteiger partial charge in [0.25, 0.3) is 5.56 Å². The molecule has 1 heterocycles. The molecule has 0 spiro atoms. The number of guanidine groups is 1. The monoisotopic (exact) mass is 325 g/mol. The van der Waals surface area contributed by atoms with E-state index in [9.17, 15) is 9.18 Å². The molecule has 0 amide bonds. The summed E-state index contributed by atoms with van der Waals surface area (Å²) in [6, 6.07) is 5.29. The molecule has 0 bridgehead atoms. The van der Waals surface area contributed by atoms with Crippen LogP contribution in [0, 0.1) is 5.82 Å². The fourth-order valence-corrected chi connectivity index (χ4v) is 1.81. The molecule has 7 nitrogen and oxygen atoms in total. The molecule has 0 fully saturated rings. The maximum atomic E-state index is 13.1. The second-order valence-corrected chi connectivity index (χ2v) is 4.65. The summed E-state index contributed by atoms with van der Waals surface area (Å²) in [6.45, 7) is 0.174. The highest BCUT2D eigenvalue weighted by Gasteiger charge is 2.04. The largest absolute Gasteiger partial charge is 0.378 e. The molecule has 116 valence electrons. The summed E-state index contributed by atoms with van der Waals surface area (Å²) < 4.78 is 18.0. The van der Waals surface area contributed by atoms with Crippen LogP contribution in [0.3, 0.4) is 0 Å². The number of aromatic amines is 1. The van der Waals surface area contributed by atoms with Crippen molar-refractivity contribution in [1.29, 1.82) is 0 Å². The van der Waals surface area contributed by atoms with Gasteiger partial charge < -0.3 is 15.8 Å². The number of benzene rings is 1. The number of aromatic nitrogens is 2. The lowest BCUT2D eigenvalue weighted by atomic mass is 10.3. The van der Waals surface area contributed by atoms with Crippen LogP contribution < -0.4 is 16.6 Å². The van der Waals surface area contributed by atoms with E-state index < -0.39 is 5.82 Å². The highest BCUT2D eigenvalue weighted by atomic mass is 35.5. The van der Waals surface area contributed by atoms with Crippen molar-refractivity contribution in [2.45, 2.75) is 6.61 Å². The number of hydrogen-bond acceptors (Lipinski definition) is 4. The Balaban J connectivity index is 2.21. The first kappa shape index (κ1) is 15.9. The summed E-state index contributed by atoms with van der Waals surface area (Å²) in [5.74, 6) is -0.556. The summed E-state index contributed by atoms with van der Waals surface area (Å²) in [5.41, 5.74) is 6.20. The Kier molecular flexibility index (Phi) is 5.08. The molecular formula is C13H13ClFN5O2. The van der Waals surface area contributed by atoms with Crippen LogP contribution in [0.5, 0.6) is 0 Å². The van der Waals surface area contributed by atoms with Gasteiger partial charge in [-0.1, -0.05) is 11.6 Å². The summed E-state index contributed by atoms with van der Waals surface area (Å²) in [5, 5.41) is 2.66. The molecule has 1 aromatic heterocycles. The zero-order valence-electron chi connectivity index (χ0n) is 11.6. The molecule has 22 heavy (non-hydrogen) atoms. The standard InChI is InChI=1S/C13H13ClFN5O2/c1-22-6-8-5-11(21)19-13(18-8)20-12(16)17-7-2-3-10(15)9(14)4-7/h2-5H,6H2,1H3,(H4,16,17,18,19,20,21). The quantitative estimate of drug-likeness (QED) is 0.587. The topological polar surface area (TPSA) is 105 Å². The fraction of sp³-hybridized carbons (Fsp3) is 0.154. The summed E-state index contributed by atoms with van der Waals surface area (Å²) in [6.07, 6.45) is 0. The third-order valence-corrected chi connectivity index (χ3v) is 2.78. The van der Waals surface area contributed by atoms with Crippen LogP contribution in [-0.2, 0) is 11.3 Å².